The lowest BCUT2D eigenvalue weighted by Crippen LogP contribution is -2.11. The predicted molar refractivity (Wildman–Crippen MR) is 62.3 cm³/mol. The standard InChI is InChI=1S/C11H9NO4S/c12-11(13)9-5-1-4-8-7(9)3-2-6-10(8)17(14,15)16/h1-6H,(H2,12,13)(H,14,15,16). The molecule has 0 aromatic heterocycles. The van der Waals surface area contributed by atoms with E-state index in [9.17, 15) is 13.2 Å². The molecule has 0 saturated carbocycles. The molecule has 2 aromatic rings. The Morgan fingerprint density at radius 1 is 1.06 bits per heavy atom. The third-order valence-electron chi connectivity index (χ3n) is 2.43. The van der Waals surface area contributed by atoms with Crippen molar-refractivity contribution < 1.29 is 17.8 Å². The number of carbonyl (C=O) groups excluding carboxylic acids is 1. The van der Waals surface area contributed by atoms with Crippen LogP contribution in [0.4, 0.5) is 0 Å². The number of benzene rings is 2. The first-order chi connectivity index (χ1) is 7.91. The van der Waals surface area contributed by atoms with Crippen LogP contribution in [0.25, 0.3) is 10.8 Å². The Kier molecular flexibility index (Phi) is 2.60. The summed E-state index contributed by atoms with van der Waals surface area (Å²) in [6.07, 6.45) is 0. The highest BCUT2D eigenvalue weighted by Gasteiger charge is 2.15. The van der Waals surface area contributed by atoms with Gasteiger partial charge in [0.1, 0.15) is 4.90 Å². The summed E-state index contributed by atoms with van der Waals surface area (Å²) in [7, 11) is -4.32. The largest absolute Gasteiger partial charge is 0.366 e. The van der Waals surface area contributed by atoms with Gasteiger partial charge in [-0.1, -0.05) is 24.3 Å². The molecule has 3 N–H and O–H groups in total. The Labute approximate surface area is 97.6 Å². The second kappa shape index (κ2) is 3.83. The van der Waals surface area contributed by atoms with Crippen LogP contribution in [0.15, 0.2) is 41.3 Å². The number of hydrogen-bond donors (Lipinski definition) is 2. The summed E-state index contributed by atoms with van der Waals surface area (Å²) < 4.78 is 31.4. The van der Waals surface area contributed by atoms with Crippen molar-refractivity contribution in [3.05, 3.63) is 42.0 Å². The van der Waals surface area contributed by atoms with Crippen LogP contribution in [0.2, 0.25) is 0 Å². The quantitative estimate of drug-likeness (QED) is 0.783. The second-order valence-electron chi connectivity index (χ2n) is 3.50. The van der Waals surface area contributed by atoms with E-state index in [0.29, 0.717) is 5.39 Å². The van der Waals surface area contributed by atoms with E-state index < -0.39 is 16.0 Å². The lowest BCUT2D eigenvalue weighted by molar-refractivity contribution is 0.100. The number of fused-ring (bicyclic) bond motifs is 1. The normalized spacial score (nSPS) is 11.6. The summed E-state index contributed by atoms with van der Waals surface area (Å²) in [5.41, 5.74) is 5.40. The van der Waals surface area contributed by atoms with E-state index in [0.717, 1.165) is 0 Å². The number of hydrogen-bond acceptors (Lipinski definition) is 3. The van der Waals surface area contributed by atoms with Crippen molar-refractivity contribution in [2.24, 2.45) is 5.73 Å². The maximum atomic E-state index is 11.2. The zero-order chi connectivity index (χ0) is 12.6. The molecule has 1 amide bonds. The Morgan fingerprint density at radius 3 is 2.24 bits per heavy atom. The maximum Gasteiger partial charge on any atom is 0.295 e. The number of nitrogens with two attached hydrogens (primary N) is 1. The van der Waals surface area contributed by atoms with E-state index in [-0.39, 0.29) is 15.8 Å². The minimum atomic E-state index is -4.32. The highest BCUT2D eigenvalue weighted by Crippen LogP contribution is 2.25. The molecule has 6 heteroatoms. The molecule has 0 heterocycles. The molecule has 0 fully saturated rings. The molecule has 0 spiro atoms. The molecule has 0 radical (unpaired) electrons. The minimum Gasteiger partial charge on any atom is -0.366 e. The van der Waals surface area contributed by atoms with Gasteiger partial charge in [0.15, 0.2) is 0 Å². The number of carbonyl (C=O) groups is 1. The third kappa shape index (κ3) is 2.00. The van der Waals surface area contributed by atoms with Gasteiger partial charge in [-0.3, -0.25) is 9.35 Å². The van der Waals surface area contributed by atoms with Gasteiger partial charge in [-0.25, -0.2) is 0 Å². The molecular formula is C11H9NO4S. The SMILES string of the molecule is NC(=O)c1cccc2c(S(=O)(=O)O)cccc12. The van der Waals surface area contributed by atoms with E-state index >= 15 is 0 Å². The average molecular weight is 251 g/mol. The van der Waals surface area contributed by atoms with Gasteiger partial charge in [-0.15, -0.1) is 0 Å². The van der Waals surface area contributed by atoms with E-state index in [1.54, 1.807) is 6.07 Å². The number of amides is 1. The second-order valence-corrected chi connectivity index (χ2v) is 4.89. The van der Waals surface area contributed by atoms with Crippen molar-refractivity contribution >= 4 is 26.8 Å². The Hall–Kier alpha value is -1.92. The van der Waals surface area contributed by atoms with Crippen LogP contribution in [0, 0.1) is 0 Å². The van der Waals surface area contributed by atoms with Gasteiger partial charge in [0.2, 0.25) is 5.91 Å². The summed E-state index contributed by atoms with van der Waals surface area (Å²) in [4.78, 5) is 10.9. The van der Waals surface area contributed by atoms with Gasteiger partial charge in [0.25, 0.3) is 10.1 Å². The molecule has 2 aromatic carbocycles. The van der Waals surface area contributed by atoms with Crippen LogP contribution >= 0.6 is 0 Å². The summed E-state index contributed by atoms with van der Waals surface area (Å²) in [6, 6.07) is 8.80. The van der Waals surface area contributed by atoms with Crippen molar-refractivity contribution in [1.82, 2.24) is 0 Å². The first kappa shape index (κ1) is 11.6. The van der Waals surface area contributed by atoms with Crippen molar-refractivity contribution in [2.45, 2.75) is 4.90 Å². The molecule has 0 aliphatic carbocycles. The molecule has 0 saturated heterocycles. The van der Waals surface area contributed by atoms with Crippen molar-refractivity contribution in [2.75, 3.05) is 0 Å². The van der Waals surface area contributed by atoms with Gasteiger partial charge < -0.3 is 5.73 Å². The van der Waals surface area contributed by atoms with Crippen LogP contribution in [0.3, 0.4) is 0 Å². The number of primary amides is 1. The van der Waals surface area contributed by atoms with Crippen molar-refractivity contribution in [3.63, 3.8) is 0 Å². The lowest BCUT2D eigenvalue weighted by Gasteiger charge is -2.06. The molecule has 5 nitrogen and oxygen atoms in total. The summed E-state index contributed by atoms with van der Waals surface area (Å²) in [6.45, 7) is 0. The monoisotopic (exact) mass is 251 g/mol. The first-order valence-electron chi connectivity index (χ1n) is 4.70. The summed E-state index contributed by atoms with van der Waals surface area (Å²) >= 11 is 0. The van der Waals surface area contributed by atoms with Crippen LogP contribution in [-0.2, 0) is 10.1 Å². The fourth-order valence-corrected chi connectivity index (χ4v) is 2.43. The Bertz CT molecular complexity index is 706. The van der Waals surface area contributed by atoms with Gasteiger partial charge in [0, 0.05) is 10.9 Å². The molecule has 0 atom stereocenters. The van der Waals surface area contributed by atoms with Gasteiger partial charge in [-0.05, 0) is 17.5 Å². The lowest BCUT2D eigenvalue weighted by atomic mass is 10.0. The molecule has 0 bridgehead atoms. The first-order valence-corrected chi connectivity index (χ1v) is 6.14. The van der Waals surface area contributed by atoms with Crippen molar-refractivity contribution in [3.8, 4) is 0 Å². The molecule has 0 aliphatic rings. The average Bonchev–Trinajstić information content (AvgIpc) is 2.26. The summed E-state index contributed by atoms with van der Waals surface area (Å²) in [5.74, 6) is -0.650. The third-order valence-corrected chi connectivity index (χ3v) is 3.34. The highest BCUT2D eigenvalue weighted by atomic mass is 32.2. The molecule has 2 rings (SSSR count). The van der Waals surface area contributed by atoms with Gasteiger partial charge in [0.05, 0.1) is 0 Å². The zero-order valence-corrected chi connectivity index (χ0v) is 9.44. The smallest absolute Gasteiger partial charge is 0.295 e. The van der Waals surface area contributed by atoms with E-state index in [4.69, 9.17) is 10.3 Å². The van der Waals surface area contributed by atoms with Crippen LogP contribution in [0.5, 0.6) is 0 Å². The van der Waals surface area contributed by atoms with Crippen LogP contribution < -0.4 is 5.73 Å². The van der Waals surface area contributed by atoms with Crippen LogP contribution in [-0.4, -0.2) is 18.9 Å². The fourth-order valence-electron chi connectivity index (χ4n) is 1.72. The van der Waals surface area contributed by atoms with E-state index in [1.807, 2.05) is 0 Å². The molecule has 0 aliphatic heterocycles. The van der Waals surface area contributed by atoms with E-state index in [1.165, 1.54) is 30.3 Å². The fraction of sp³-hybridized carbons (Fsp3) is 0. The minimum absolute atomic E-state index is 0.216. The van der Waals surface area contributed by atoms with Crippen LogP contribution in [0.1, 0.15) is 10.4 Å². The topological polar surface area (TPSA) is 97.5 Å². The predicted octanol–water partition coefficient (Wildman–Crippen LogP) is 1.19. The molecule has 17 heavy (non-hydrogen) atoms. The van der Waals surface area contributed by atoms with Gasteiger partial charge >= 0.3 is 0 Å². The molecule has 88 valence electrons. The molecule has 0 unspecified atom stereocenters. The van der Waals surface area contributed by atoms with Crippen molar-refractivity contribution in [1.29, 1.82) is 0 Å². The van der Waals surface area contributed by atoms with E-state index in [2.05, 4.69) is 0 Å². The molecular weight excluding hydrogens is 242 g/mol. The van der Waals surface area contributed by atoms with Gasteiger partial charge in [-0.2, -0.15) is 8.42 Å². The Balaban J connectivity index is 2.94. The maximum absolute atomic E-state index is 11.2. The zero-order valence-electron chi connectivity index (χ0n) is 8.62. The number of rotatable bonds is 2. The highest BCUT2D eigenvalue weighted by molar-refractivity contribution is 7.86. The summed E-state index contributed by atoms with van der Waals surface area (Å²) in [5, 5.41) is 0.668. The Morgan fingerprint density at radius 2 is 1.65 bits per heavy atom.